The van der Waals surface area contributed by atoms with E-state index >= 15 is 0 Å². The topological polar surface area (TPSA) is 42.1 Å². The quantitative estimate of drug-likeness (QED) is 0.864. The number of piperazine rings is 2. The largest absolute Gasteiger partial charge is 0.334 e. The van der Waals surface area contributed by atoms with E-state index in [0.29, 0.717) is 6.04 Å². The zero-order chi connectivity index (χ0) is 19.2. The average molecular weight is 386 g/mol. The maximum atomic E-state index is 13.4. The van der Waals surface area contributed by atoms with E-state index in [1.54, 1.807) is 0 Å². The molecule has 6 heteroatoms. The number of hydrogen-bond acceptors (Lipinski definition) is 4. The summed E-state index contributed by atoms with van der Waals surface area (Å²) >= 11 is 0. The molecule has 1 saturated carbocycles. The van der Waals surface area contributed by atoms with E-state index in [9.17, 15) is 4.79 Å². The van der Waals surface area contributed by atoms with Crippen LogP contribution in [-0.2, 0) is 6.54 Å². The van der Waals surface area contributed by atoms with Crippen LogP contribution < -0.4 is 5.32 Å². The van der Waals surface area contributed by atoms with Crippen LogP contribution >= 0.6 is 0 Å². The third kappa shape index (κ3) is 4.85. The van der Waals surface area contributed by atoms with Crippen LogP contribution in [0, 0.1) is 0 Å². The SMILES string of the molecule is O=C(N1CCNCC1)N(C1CCCCC1)N1CCN(Cc2ccccc2)CC1. The molecule has 0 radical (unpaired) electrons. The van der Waals surface area contributed by atoms with Crippen LogP contribution in [0.3, 0.4) is 0 Å². The number of carbonyl (C=O) groups excluding carboxylic acids is 1. The number of rotatable bonds is 4. The lowest BCUT2D eigenvalue weighted by Gasteiger charge is -2.47. The monoisotopic (exact) mass is 385 g/mol. The van der Waals surface area contributed by atoms with Gasteiger partial charge in [0.2, 0.25) is 0 Å². The first-order valence-electron chi connectivity index (χ1n) is 11.1. The first kappa shape index (κ1) is 19.7. The molecule has 1 N–H and O–H groups in total. The van der Waals surface area contributed by atoms with Gasteiger partial charge in [0, 0.05) is 58.9 Å². The highest BCUT2D eigenvalue weighted by molar-refractivity contribution is 5.74. The summed E-state index contributed by atoms with van der Waals surface area (Å²) in [5, 5.41) is 7.90. The molecule has 2 aliphatic heterocycles. The summed E-state index contributed by atoms with van der Waals surface area (Å²) < 4.78 is 0. The maximum absolute atomic E-state index is 13.4. The zero-order valence-corrected chi connectivity index (χ0v) is 17.1. The number of benzene rings is 1. The zero-order valence-electron chi connectivity index (χ0n) is 17.1. The van der Waals surface area contributed by atoms with E-state index in [-0.39, 0.29) is 6.03 Å². The van der Waals surface area contributed by atoms with Crippen molar-refractivity contribution < 1.29 is 4.79 Å². The number of hydrogen-bond donors (Lipinski definition) is 1. The minimum atomic E-state index is 0.241. The second-order valence-corrected chi connectivity index (χ2v) is 8.37. The molecule has 4 rings (SSSR count). The van der Waals surface area contributed by atoms with Crippen LogP contribution in [0.25, 0.3) is 0 Å². The first-order chi connectivity index (χ1) is 13.8. The Labute approximate surface area is 169 Å². The van der Waals surface area contributed by atoms with E-state index in [4.69, 9.17) is 0 Å². The summed E-state index contributed by atoms with van der Waals surface area (Å²) in [6, 6.07) is 11.3. The van der Waals surface area contributed by atoms with Gasteiger partial charge in [-0.3, -0.25) is 9.91 Å². The second kappa shape index (κ2) is 9.72. The van der Waals surface area contributed by atoms with Crippen molar-refractivity contribution in [2.75, 3.05) is 52.4 Å². The van der Waals surface area contributed by atoms with Crippen molar-refractivity contribution in [2.45, 2.75) is 44.7 Å². The molecule has 1 aromatic rings. The van der Waals surface area contributed by atoms with Crippen LogP contribution in [0.1, 0.15) is 37.7 Å². The number of nitrogens with zero attached hydrogens (tertiary/aromatic N) is 4. The van der Waals surface area contributed by atoms with E-state index in [1.165, 1.54) is 24.8 Å². The summed E-state index contributed by atoms with van der Waals surface area (Å²) in [6.07, 6.45) is 6.13. The predicted octanol–water partition coefficient (Wildman–Crippen LogP) is 2.38. The van der Waals surface area contributed by atoms with Crippen molar-refractivity contribution in [3.63, 3.8) is 0 Å². The molecular formula is C22H35N5O. The molecule has 2 saturated heterocycles. The lowest BCUT2D eigenvalue weighted by atomic mass is 9.95. The van der Waals surface area contributed by atoms with E-state index in [0.717, 1.165) is 71.7 Å². The van der Waals surface area contributed by atoms with Gasteiger partial charge < -0.3 is 10.2 Å². The van der Waals surface area contributed by atoms with Crippen molar-refractivity contribution >= 4 is 6.03 Å². The minimum absolute atomic E-state index is 0.241. The van der Waals surface area contributed by atoms with Crippen molar-refractivity contribution in [3.05, 3.63) is 35.9 Å². The Kier molecular flexibility index (Phi) is 6.83. The molecule has 0 unspecified atom stereocenters. The Morgan fingerprint density at radius 1 is 0.929 bits per heavy atom. The first-order valence-corrected chi connectivity index (χ1v) is 11.1. The molecule has 1 aliphatic carbocycles. The second-order valence-electron chi connectivity index (χ2n) is 8.37. The minimum Gasteiger partial charge on any atom is -0.321 e. The molecule has 3 fully saturated rings. The third-order valence-electron chi connectivity index (χ3n) is 6.41. The van der Waals surface area contributed by atoms with Gasteiger partial charge in [0.15, 0.2) is 0 Å². The molecule has 154 valence electrons. The Hall–Kier alpha value is -1.63. The van der Waals surface area contributed by atoms with E-state index < -0.39 is 0 Å². The molecule has 0 bridgehead atoms. The fourth-order valence-electron chi connectivity index (χ4n) is 4.79. The molecule has 6 nitrogen and oxygen atoms in total. The normalized spacial score (nSPS) is 22.9. The molecule has 0 spiro atoms. The average Bonchev–Trinajstić information content (AvgIpc) is 2.77. The Balaban J connectivity index is 1.39. The number of urea groups is 1. The van der Waals surface area contributed by atoms with Gasteiger partial charge in [0.05, 0.1) is 6.04 Å². The van der Waals surface area contributed by atoms with Crippen molar-refractivity contribution in [3.8, 4) is 0 Å². The van der Waals surface area contributed by atoms with Gasteiger partial charge in [-0.1, -0.05) is 49.6 Å². The van der Waals surface area contributed by atoms with Crippen LogP contribution in [0.2, 0.25) is 0 Å². The van der Waals surface area contributed by atoms with Crippen LogP contribution in [-0.4, -0.2) is 84.2 Å². The fourth-order valence-corrected chi connectivity index (χ4v) is 4.79. The van der Waals surface area contributed by atoms with Gasteiger partial charge in [-0.15, -0.1) is 0 Å². The maximum Gasteiger partial charge on any atom is 0.334 e. The molecule has 0 aromatic heterocycles. The fraction of sp³-hybridized carbons (Fsp3) is 0.682. The smallest absolute Gasteiger partial charge is 0.321 e. The number of nitrogens with one attached hydrogen (secondary N) is 1. The highest BCUT2D eigenvalue weighted by atomic mass is 16.2. The highest BCUT2D eigenvalue weighted by Gasteiger charge is 2.35. The summed E-state index contributed by atoms with van der Waals surface area (Å²) in [5.74, 6) is 0. The van der Waals surface area contributed by atoms with Crippen LogP contribution in [0.4, 0.5) is 4.79 Å². The predicted molar refractivity (Wildman–Crippen MR) is 112 cm³/mol. The third-order valence-corrected chi connectivity index (χ3v) is 6.41. The van der Waals surface area contributed by atoms with Crippen molar-refractivity contribution in [1.29, 1.82) is 0 Å². The van der Waals surface area contributed by atoms with Crippen molar-refractivity contribution in [1.82, 2.24) is 25.1 Å². The summed E-state index contributed by atoms with van der Waals surface area (Å²) in [4.78, 5) is 18.0. The van der Waals surface area contributed by atoms with E-state index in [2.05, 4.69) is 55.5 Å². The molecular weight excluding hydrogens is 350 g/mol. The standard InChI is InChI=1S/C22H35N5O/c28-22(25-13-11-23-12-14-25)27(21-9-5-2-6-10-21)26-17-15-24(16-18-26)19-20-7-3-1-4-8-20/h1,3-4,7-8,21,23H,2,5-6,9-19H2. The molecule has 0 atom stereocenters. The highest BCUT2D eigenvalue weighted by Crippen LogP contribution is 2.26. The molecule has 2 amide bonds. The van der Waals surface area contributed by atoms with E-state index in [1.807, 2.05) is 0 Å². The van der Waals surface area contributed by atoms with Crippen molar-refractivity contribution in [2.24, 2.45) is 0 Å². The number of hydrazine groups is 1. The number of amides is 2. The summed E-state index contributed by atoms with van der Waals surface area (Å²) in [5.41, 5.74) is 1.37. The Morgan fingerprint density at radius 2 is 1.61 bits per heavy atom. The van der Waals surface area contributed by atoms with Gasteiger partial charge in [-0.25, -0.2) is 9.80 Å². The van der Waals surface area contributed by atoms with Gasteiger partial charge in [-0.05, 0) is 18.4 Å². The van der Waals surface area contributed by atoms with Gasteiger partial charge >= 0.3 is 6.03 Å². The Morgan fingerprint density at radius 3 is 2.29 bits per heavy atom. The molecule has 1 aromatic carbocycles. The van der Waals surface area contributed by atoms with Crippen LogP contribution in [0.15, 0.2) is 30.3 Å². The molecule has 2 heterocycles. The van der Waals surface area contributed by atoms with Crippen LogP contribution in [0.5, 0.6) is 0 Å². The Bertz CT molecular complexity index is 605. The summed E-state index contributed by atoms with van der Waals surface area (Å²) in [7, 11) is 0. The van der Waals surface area contributed by atoms with Gasteiger partial charge in [-0.2, -0.15) is 0 Å². The summed E-state index contributed by atoms with van der Waals surface area (Å²) in [6.45, 7) is 8.42. The lowest BCUT2D eigenvalue weighted by molar-refractivity contribution is -0.0692. The molecule has 3 aliphatic rings. The van der Waals surface area contributed by atoms with Gasteiger partial charge in [0.25, 0.3) is 0 Å². The molecule has 28 heavy (non-hydrogen) atoms. The van der Waals surface area contributed by atoms with Gasteiger partial charge in [0.1, 0.15) is 0 Å². The number of carbonyl (C=O) groups is 1. The lowest BCUT2D eigenvalue weighted by Crippen LogP contribution is -2.63.